The van der Waals surface area contributed by atoms with E-state index in [1.165, 1.54) is 18.4 Å². The second kappa shape index (κ2) is 12.0. The fourth-order valence-electron chi connectivity index (χ4n) is 3.79. The third-order valence-electron chi connectivity index (χ3n) is 5.65. The van der Waals surface area contributed by atoms with E-state index in [9.17, 15) is 9.18 Å². The number of rotatable bonds is 11. The number of benzene rings is 3. The van der Waals surface area contributed by atoms with Crippen molar-refractivity contribution >= 4 is 5.91 Å². The highest BCUT2D eigenvalue weighted by Gasteiger charge is 2.17. The average molecular weight is 490 g/mol. The zero-order valence-corrected chi connectivity index (χ0v) is 20.2. The third-order valence-corrected chi connectivity index (χ3v) is 5.65. The molecule has 0 unspecified atom stereocenters. The van der Waals surface area contributed by atoms with Crippen LogP contribution in [0.15, 0.2) is 83.5 Å². The highest BCUT2D eigenvalue weighted by Crippen LogP contribution is 2.27. The quantitative estimate of drug-likeness (QED) is 0.321. The Bertz CT molecular complexity index is 1280. The molecule has 0 bridgehead atoms. The lowest BCUT2D eigenvalue weighted by Gasteiger charge is -2.22. The summed E-state index contributed by atoms with van der Waals surface area (Å²) in [4.78, 5) is 19.1. The van der Waals surface area contributed by atoms with Gasteiger partial charge in [0.05, 0.1) is 20.8 Å². The van der Waals surface area contributed by atoms with Crippen LogP contribution in [0.5, 0.6) is 11.5 Å². The number of methoxy groups -OCH3 is 2. The van der Waals surface area contributed by atoms with Crippen LogP contribution in [0.25, 0.3) is 0 Å². The number of nitrogens with one attached hydrogen (secondary N) is 1. The molecule has 4 aromatic rings. The van der Waals surface area contributed by atoms with Crippen LogP contribution in [-0.4, -0.2) is 30.0 Å². The van der Waals surface area contributed by atoms with Crippen molar-refractivity contribution in [2.45, 2.75) is 26.2 Å². The predicted octanol–water partition coefficient (Wildman–Crippen LogP) is 4.96. The number of halogens is 1. The zero-order chi connectivity index (χ0) is 25.3. The molecule has 0 aliphatic heterocycles. The molecule has 0 saturated carbocycles. The molecule has 0 aliphatic rings. The molecule has 0 atom stereocenters. The van der Waals surface area contributed by atoms with Crippen molar-refractivity contribution < 1.29 is 23.1 Å². The van der Waals surface area contributed by atoms with Crippen molar-refractivity contribution in [2.75, 3.05) is 14.2 Å². The molecule has 0 radical (unpaired) electrons. The van der Waals surface area contributed by atoms with E-state index in [1.54, 1.807) is 26.4 Å². The lowest BCUT2D eigenvalue weighted by Crippen LogP contribution is -2.24. The van der Waals surface area contributed by atoms with E-state index in [4.69, 9.17) is 13.9 Å². The zero-order valence-electron chi connectivity index (χ0n) is 20.2. The summed E-state index contributed by atoms with van der Waals surface area (Å²) in [7, 11) is 3.25. The highest BCUT2D eigenvalue weighted by molar-refractivity contribution is 5.91. The van der Waals surface area contributed by atoms with Gasteiger partial charge in [-0.2, -0.15) is 0 Å². The number of ether oxygens (including phenoxy) is 2. The van der Waals surface area contributed by atoms with Crippen LogP contribution >= 0.6 is 0 Å². The Labute approximate surface area is 209 Å². The van der Waals surface area contributed by atoms with Gasteiger partial charge >= 0.3 is 0 Å². The topological polar surface area (TPSA) is 76.8 Å². The van der Waals surface area contributed by atoms with Crippen molar-refractivity contribution in [3.05, 3.63) is 113 Å². The maximum absolute atomic E-state index is 13.1. The first-order valence-corrected chi connectivity index (χ1v) is 11.5. The van der Waals surface area contributed by atoms with E-state index in [0.29, 0.717) is 31.3 Å². The predicted molar refractivity (Wildman–Crippen MR) is 133 cm³/mol. The number of nitrogens with zero attached hydrogens (tertiary/aromatic N) is 2. The van der Waals surface area contributed by atoms with E-state index in [-0.39, 0.29) is 24.0 Å². The van der Waals surface area contributed by atoms with Crippen LogP contribution in [0.4, 0.5) is 4.39 Å². The minimum atomic E-state index is -0.360. The van der Waals surface area contributed by atoms with Gasteiger partial charge in [0.15, 0.2) is 5.69 Å². The number of carbonyl (C=O) groups excluding carboxylic acids is 1. The van der Waals surface area contributed by atoms with Gasteiger partial charge in [0, 0.05) is 31.3 Å². The van der Waals surface area contributed by atoms with Gasteiger partial charge in [0.1, 0.15) is 23.6 Å². The summed E-state index contributed by atoms with van der Waals surface area (Å²) >= 11 is 0. The molecule has 4 rings (SSSR count). The number of hydrogen-bond donors (Lipinski definition) is 1. The normalized spacial score (nSPS) is 10.9. The minimum Gasteiger partial charge on any atom is -0.497 e. The Kier molecular flexibility index (Phi) is 8.31. The van der Waals surface area contributed by atoms with Gasteiger partial charge in [-0.1, -0.05) is 48.5 Å². The monoisotopic (exact) mass is 489 g/mol. The van der Waals surface area contributed by atoms with Gasteiger partial charge in [0.2, 0.25) is 5.89 Å². The first-order valence-electron chi connectivity index (χ1n) is 11.5. The summed E-state index contributed by atoms with van der Waals surface area (Å²) in [5.41, 5.74) is 3.09. The molecular formula is C28H28FN3O4. The minimum absolute atomic E-state index is 0.189. The summed E-state index contributed by atoms with van der Waals surface area (Å²) < 4.78 is 29.6. The van der Waals surface area contributed by atoms with Crippen LogP contribution in [0.2, 0.25) is 0 Å². The molecular weight excluding hydrogens is 461 g/mol. The molecule has 186 valence electrons. The summed E-state index contributed by atoms with van der Waals surface area (Å²) in [6.07, 6.45) is 1.35. The maximum atomic E-state index is 13.1. The largest absolute Gasteiger partial charge is 0.497 e. The molecule has 3 aromatic carbocycles. The Balaban J connectivity index is 1.46. The number of oxazole rings is 1. The van der Waals surface area contributed by atoms with Gasteiger partial charge in [-0.25, -0.2) is 9.37 Å². The van der Waals surface area contributed by atoms with Crippen molar-refractivity contribution in [3.63, 3.8) is 0 Å². The maximum Gasteiger partial charge on any atom is 0.273 e. The third kappa shape index (κ3) is 6.70. The number of aromatic nitrogens is 1. The SMILES string of the molecule is COc1ccc(CN(Cc2ccccc2)Cc2nc(C(=O)NCc3ccc(F)cc3)co2)c(OC)c1. The van der Waals surface area contributed by atoms with E-state index in [2.05, 4.69) is 27.3 Å². The van der Waals surface area contributed by atoms with E-state index in [1.807, 2.05) is 36.4 Å². The molecule has 0 saturated heterocycles. The Morgan fingerprint density at radius 2 is 1.72 bits per heavy atom. The van der Waals surface area contributed by atoms with Gasteiger partial charge < -0.3 is 19.2 Å². The average Bonchev–Trinajstić information content (AvgIpc) is 3.37. The first-order chi connectivity index (χ1) is 17.5. The van der Waals surface area contributed by atoms with Crippen molar-refractivity contribution in [2.24, 2.45) is 0 Å². The van der Waals surface area contributed by atoms with Gasteiger partial charge in [-0.05, 0) is 29.3 Å². The molecule has 1 aromatic heterocycles. The van der Waals surface area contributed by atoms with Crippen LogP contribution < -0.4 is 14.8 Å². The molecule has 0 fully saturated rings. The second-order valence-corrected chi connectivity index (χ2v) is 8.24. The molecule has 1 amide bonds. The van der Waals surface area contributed by atoms with E-state index < -0.39 is 0 Å². The fraction of sp³-hybridized carbons (Fsp3) is 0.214. The van der Waals surface area contributed by atoms with Gasteiger partial charge in [-0.3, -0.25) is 9.69 Å². The molecule has 36 heavy (non-hydrogen) atoms. The highest BCUT2D eigenvalue weighted by atomic mass is 19.1. The van der Waals surface area contributed by atoms with Crippen LogP contribution in [0, 0.1) is 5.82 Å². The van der Waals surface area contributed by atoms with E-state index in [0.717, 1.165) is 22.4 Å². The smallest absolute Gasteiger partial charge is 0.273 e. The lowest BCUT2D eigenvalue weighted by molar-refractivity contribution is 0.0945. The molecule has 7 nitrogen and oxygen atoms in total. The summed E-state index contributed by atoms with van der Waals surface area (Å²) in [5, 5.41) is 2.78. The first kappa shape index (κ1) is 24.9. The van der Waals surface area contributed by atoms with Crippen molar-refractivity contribution in [1.82, 2.24) is 15.2 Å². The van der Waals surface area contributed by atoms with Crippen LogP contribution in [0.1, 0.15) is 33.1 Å². The second-order valence-electron chi connectivity index (χ2n) is 8.24. The Hall–Kier alpha value is -4.17. The van der Waals surface area contributed by atoms with Crippen molar-refractivity contribution in [1.29, 1.82) is 0 Å². The standard InChI is InChI=1S/C28H28FN3O4/c1-34-24-13-10-22(26(14-24)35-2)17-32(16-21-6-4-3-5-7-21)18-27-31-25(19-36-27)28(33)30-15-20-8-11-23(29)12-9-20/h3-14,19H,15-18H2,1-2H3,(H,30,33). The van der Waals surface area contributed by atoms with Crippen LogP contribution in [-0.2, 0) is 26.2 Å². The van der Waals surface area contributed by atoms with E-state index >= 15 is 0 Å². The summed E-state index contributed by atoms with van der Waals surface area (Å²) in [6, 6.07) is 21.8. The summed E-state index contributed by atoms with van der Waals surface area (Å²) in [5.74, 6) is 1.18. The molecule has 0 aliphatic carbocycles. The summed E-state index contributed by atoms with van der Waals surface area (Å²) in [6.45, 7) is 1.86. The molecule has 1 N–H and O–H groups in total. The molecule has 1 heterocycles. The number of carbonyl (C=O) groups is 1. The number of amides is 1. The fourth-order valence-corrected chi connectivity index (χ4v) is 3.79. The Morgan fingerprint density at radius 1 is 0.944 bits per heavy atom. The lowest BCUT2D eigenvalue weighted by atomic mass is 10.1. The molecule has 8 heteroatoms. The van der Waals surface area contributed by atoms with Gasteiger partial charge in [0.25, 0.3) is 5.91 Å². The van der Waals surface area contributed by atoms with Crippen molar-refractivity contribution in [3.8, 4) is 11.5 Å². The van der Waals surface area contributed by atoms with Crippen LogP contribution in [0.3, 0.4) is 0 Å². The van der Waals surface area contributed by atoms with Gasteiger partial charge in [-0.15, -0.1) is 0 Å². The number of hydrogen-bond acceptors (Lipinski definition) is 6. The Morgan fingerprint density at radius 3 is 2.44 bits per heavy atom. The molecule has 0 spiro atoms.